The third kappa shape index (κ3) is 6.17. The molecule has 18 heavy (non-hydrogen) atoms. The summed E-state index contributed by atoms with van der Waals surface area (Å²) in [6, 6.07) is 0. The number of methoxy groups -OCH3 is 1. The fourth-order valence-corrected chi connectivity index (χ4v) is 2.47. The molecule has 0 aromatic heterocycles. The van der Waals surface area contributed by atoms with Crippen LogP contribution in [-0.2, 0) is 9.47 Å². The molecule has 2 unspecified atom stereocenters. The lowest BCUT2D eigenvalue weighted by molar-refractivity contribution is -0.0524. The highest BCUT2D eigenvalue weighted by molar-refractivity contribution is 4.76. The maximum Gasteiger partial charge on any atom is 0.0600 e. The minimum atomic E-state index is 0.217. The molecule has 3 heteroatoms. The molecule has 1 saturated carbocycles. The van der Waals surface area contributed by atoms with Crippen LogP contribution in [0, 0.1) is 5.41 Å². The Hall–Kier alpha value is -0.120. The smallest absolute Gasteiger partial charge is 0.0600 e. The van der Waals surface area contributed by atoms with Crippen LogP contribution in [0.1, 0.15) is 52.9 Å². The van der Waals surface area contributed by atoms with E-state index in [2.05, 4.69) is 26.1 Å². The van der Waals surface area contributed by atoms with Crippen molar-refractivity contribution in [1.29, 1.82) is 0 Å². The highest BCUT2D eigenvalue weighted by Gasteiger charge is 2.25. The largest absolute Gasteiger partial charge is 0.381 e. The number of hydrogen-bond donors (Lipinski definition) is 1. The van der Waals surface area contributed by atoms with Gasteiger partial charge in [-0.3, -0.25) is 0 Å². The van der Waals surface area contributed by atoms with Crippen molar-refractivity contribution in [3.8, 4) is 0 Å². The Balaban J connectivity index is 2.21. The van der Waals surface area contributed by atoms with E-state index < -0.39 is 0 Å². The van der Waals surface area contributed by atoms with Gasteiger partial charge >= 0.3 is 0 Å². The SMILES string of the molecule is CCCNCC(C)(C)COC1CCCC(OC)C1. The van der Waals surface area contributed by atoms with Gasteiger partial charge in [-0.15, -0.1) is 0 Å². The fraction of sp³-hybridized carbons (Fsp3) is 1.00. The highest BCUT2D eigenvalue weighted by atomic mass is 16.5. The quantitative estimate of drug-likeness (QED) is 0.678. The molecule has 0 amide bonds. The highest BCUT2D eigenvalue weighted by Crippen LogP contribution is 2.25. The average Bonchev–Trinajstić information content (AvgIpc) is 2.37. The van der Waals surface area contributed by atoms with Crippen LogP contribution in [-0.4, -0.2) is 39.0 Å². The monoisotopic (exact) mass is 257 g/mol. The summed E-state index contributed by atoms with van der Waals surface area (Å²) in [5.74, 6) is 0. The number of ether oxygens (including phenoxy) is 2. The molecule has 1 fully saturated rings. The molecule has 1 aliphatic rings. The summed E-state index contributed by atoms with van der Waals surface area (Å²) in [6.45, 7) is 9.70. The molecule has 3 nitrogen and oxygen atoms in total. The van der Waals surface area contributed by atoms with E-state index in [4.69, 9.17) is 9.47 Å². The van der Waals surface area contributed by atoms with E-state index >= 15 is 0 Å². The van der Waals surface area contributed by atoms with E-state index in [-0.39, 0.29) is 5.41 Å². The molecule has 0 aromatic carbocycles. The second-order valence-corrected chi connectivity index (χ2v) is 6.30. The van der Waals surface area contributed by atoms with Crippen LogP contribution in [0.3, 0.4) is 0 Å². The van der Waals surface area contributed by atoms with Gasteiger partial charge in [-0.05, 0) is 38.6 Å². The lowest BCUT2D eigenvalue weighted by Gasteiger charge is -2.32. The molecule has 0 aromatic rings. The molecule has 108 valence electrons. The van der Waals surface area contributed by atoms with Crippen LogP contribution >= 0.6 is 0 Å². The zero-order valence-corrected chi connectivity index (χ0v) is 12.6. The molecule has 1 N–H and O–H groups in total. The van der Waals surface area contributed by atoms with Crippen LogP contribution in [0.15, 0.2) is 0 Å². The first kappa shape index (κ1) is 15.9. The maximum atomic E-state index is 6.09. The van der Waals surface area contributed by atoms with Gasteiger partial charge in [-0.2, -0.15) is 0 Å². The Labute approximate surface area is 113 Å². The Morgan fingerprint density at radius 1 is 1.22 bits per heavy atom. The van der Waals surface area contributed by atoms with Gasteiger partial charge < -0.3 is 14.8 Å². The normalized spacial score (nSPS) is 25.3. The van der Waals surface area contributed by atoms with Crippen LogP contribution < -0.4 is 5.32 Å². The third-order valence-electron chi connectivity index (χ3n) is 3.65. The number of rotatable bonds is 8. The Bertz CT molecular complexity index is 219. The number of hydrogen-bond acceptors (Lipinski definition) is 3. The van der Waals surface area contributed by atoms with E-state index in [9.17, 15) is 0 Å². The third-order valence-corrected chi connectivity index (χ3v) is 3.65. The van der Waals surface area contributed by atoms with Crippen molar-refractivity contribution in [3.63, 3.8) is 0 Å². The first-order valence-corrected chi connectivity index (χ1v) is 7.42. The molecule has 0 saturated heterocycles. The van der Waals surface area contributed by atoms with Crippen molar-refractivity contribution in [2.45, 2.75) is 65.1 Å². The van der Waals surface area contributed by atoms with Crippen molar-refractivity contribution >= 4 is 0 Å². The van der Waals surface area contributed by atoms with Crippen LogP contribution in [0.2, 0.25) is 0 Å². The van der Waals surface area contributed by atoms with E-state index in [0.29, 0.717) is 12.2 Å². The molecule has 0 heterocycles. The molecule has 0 bridgehead atoms. The molecular weight excluding hydrogens is 226 g/mol. The van der Waals surface area contributed by atoms with Crippen molar-refractivity contribution in [2.24, 2.45) is 5.41 Å². The second-order valence-electron chi connectivity index (χ2n) is 6.30. The van der Waals surface area contributed by atoms with Crippen molar-refractivity contribution < 1.29 is 9.47 Å². The van der Waals surface area contributed by atoms with Gasteiger partial charge in [0.1, 0.15) is 0 Å². The van der Waals surface area contributed by atoms with E-state index in [1.54, 1.807) is 0 Å². The first-order chi connectivity index (χ1) is 8.57. The van der Waals surface area contributed by atoms with Crippen molar-refractivity contribution in [2.75, 3.05) is 26.8 Å². The molecule has 0 spiro atoms. The summed E-state index contributed by atoms with van der Waals surface area (Å²) in [6.07, 6.45) is 6.68. The van der Waals surface area contributed by atoms with Crippen LogP contribution in [0.25, 0.3) is 0 Å². The summed E-state index contributed by atoms with van der Waals surface area (Å²) in [5.41, 5.74) is 0.217. The number of nitrogens with one attached hydrogen (secondary N) is 1. The zero-order chi connectivity index (χ0) is 13.4. The molecule has 1 rings (SSSR count). The molecular formula is C15H31NO2. The molecule has 1 aliphatic carbocycles. The Morgan fingerprint density at radius 3 is 2.61 bits per heavy atom. The van der Waals surface area contributed by atoms with E-state index in [1.165, 1.54) is 25.7 Å². The van der Waals surface area contributed by atoms with Gasteiger partial charge in [0, 0.05) is 19.1 Å². The topological polar surface area (TPSA) is 30.5 Å². The maximum absolute atomic E-state index is 6.09. The van der Waals surface area contributed by atoms with Gasteiger partial charge in [0.25, 0.3) is 0 Å². The van der Waals surface area contributed by atoms with Crippen LogP contribution in [0.5, 0.6) is 0 Å². The summed E-state index contributed by atoms with van der Waals surface area (Å²) in [7, 11) is 1.81. The predicted molar refractivity (Wildman–Crippen MR) is 75.9 cm³/mol. The Morgan fingerprint density at radius 2 is 1.94 bits per heavy atom. The van der Waals surface area contributed by atoms with E-state index in [0.717, 1.165) is 26.1 Å². The lowest BCUT2D eigenvalue weighted by atomic mass is 9.92. The van der Waals surface area contributed by atoms with Gasteiger partial charge in [0.2, 0.25) is 0 Å². The molecule has 0 radical (unpaired) electrons. The minimum absolute atomic E-state index is 0.217. The van der Waals surface area contributed by atoms with Gasteiger partial charge in [0.05, 0.1) is 18.8 Å². The van der Waals surface area contributed by atoms with E-state index in [1.807, 2.05) is 7.11 Å². The zero-order valence-electron chi connectivity index (χ0n) is 12.6. The first-order valence-electron chi connectivity index (χ1n) is 7.42. The second kappa shape index (κ2) is 8.13. The van der Waals surface area contributed by atoms with Crippen molar-refractivity contribution in [3.05, 3.63) is 0 Å². The molecule has 2 atom stereocenters. The molecule has 0 aliphatic heterocycles. The summed E-state index contributed by atoms with van der Waals surface area (Å²) in [5, 5.41) is 3.48. The summed E-state index contributed by atoms with van der Waals surface area (Å²) >= 11 is 0. The lowest BCUT2D eigenvalue weighted by Crippen LogP contribution is -2.36. The standard InChI is InChI=1S/C15H31NO2/c1-5-9-16-11-15(2,3)12-18-14-8-6-7-13(10-14)17-4/h13-14,16H,5-12H2,1-4H3. The summed E-state index contributed by atoms with van der Waals surface area (Å²) < 4.78 is 11.5. The average molecular weight is 257 g/mol. The predicted octanol–water partition coefficient (Wildman–Crippen LogP) is 2.99. The summed E-state index contributed by atoms with van der Waals surface area (Å²) in [4.78, 5) is 0. The van der Waals surface area contributed by atoms with Gasteiger partial charge in [0.15, 0.2) is 0 Å². The minimum Gasteiger partial charge on any atom is -0.381 e. The van der Waals surface area contributed by atoms with Crippen LogP contribution in [0.4, 0.5) is 0 Å². The van der Waals surface area contributed by atoms with Crippen molar-refractivity contribution in [1.82, 2.24) is 5.32 Å². The van der Waals surface area contributed by atoms with Gasteiger partial charge in [-0.1, -0.05) is 20.8 Å². The van der Waals surface area contributed by atoms with Gasteiger partial charge in [-0.25, -0.2) is 0 Å². The Kier molecular flexibility index (Phi) is 7.20. The fourth-order valence-electron chi connectivity index (χ4n) is 2.47.